The molecule has 0 bridgehead atoms. The Morgan fingerprint density at radius 2 is 1.87 bits per heavy atom. The zero-order valence-electron chi connectivity index (χ0n) is 7.88. The minimum absolute atomic E-state index is 0. The van der Waals surface area contributed by atoms with Crippen LogP contribution >= 0.6 is 12.4 Å². The third-order valence-electron chi connectivity index (χ3n) is 1.81. The van der Waals surface area contributed by atoms with Crippen molar-refractivity contribution in [3.05, 3.63) is 39.9 Å². The fraction of sp³-hybridized carbons (Fsp3) is 0.222. The van der Waals surface area contributed by atoms with Gasteiger partial charge in [0.05, 0.1) is 4.92 Å². The SMILES string of the molecule is Cl.NC(=O)CCc1ccc([N+](=O)[O-])cc1. The van der Waals surface area contributed by atoms with Gasteiger partial charge in [0.15, 0.2) is 0 Å². The first-order chi connectivity index (χ1) is 6.59. The molecule has 0 radical (unpaired) electrons. The molecule has 0 aliphatic carbocycles. The monoisotopic (exact) mass is 230 g/mol. The van der Waals surface area contributed by atoms with E-state index in [1.165, 1.54) is 12.1 Å². The van der Waals surface area contributed by atoms with E-state index in [2.05, 4.69) is 0 Å². The Morgan fingerprint density at radius 3 is 2.27 bits per heavy atom. The van der Waals surface area contributed by atoms with Crippen molar-refractivity contribution < 1.29 is 9.72 Å². The molecule has 0 spiro atoms. The summed E-state index contributed by atoms with van der Waals surface area (Å²) in [5, 5.41) is 10.3. The molecule has 1 aromatic rings. The molecule has 1 aromatic carbocycles. The highest BCUT2D eigenvalue weighted by atomic mass is 35.5. The summed E-state index contributed by atoms with van der Waals surface area (Å²) in [5.74, 6) is -0.372. The number of nitro groups is 1. The van der Waals surface area contributed by atoms with E-state index in [1.54, 1.807) is 12.1 Å². The normalized spacial score (nSPS) is 9.07. The van der Waals surface area contributed by atoms with Crippen LogP contribution in [0.3, 0.4) is 0 Å². The Bertz CT molecular complexity index is 351. The lowest BCUT2D eigenvalue weighted by Crippen LogP contribution is -2.11. The number of halogens is 1. The van der Waals surface area contributed by atoms with Crippen LogP contribution in [0.2, 0.25) is 0 Å². The number of benzene rings is 1. The number of non-ortho nitro benzene ring substituents is 1. The van der Waals surface area contributed by atoms with Gasteiger partial charge < -0.3 is 5.73 Å². The maximum atomic E-state index is 10.5. The van der Waals surface area contributed by atoms with Crippen molar-refractivity contribution in [2.24, 2.45) is 5.73 Å². The van der Waals surface area contributed by atoms with Crippen molar-refractivity contribution in [3.63, 3.8) is 0 Å². The standard InChI is InChI=1S/C9H10N2O3.ClH/c10-9(12)6-3-7-1-4-8(5-2-7)11(13)14;/h1-2,4-5H,3,6H2,(H2,10,12);1H. The van der Waals surface area contributed by atoms with Crippen LogP contribution in [-0.2, 0) is 11.2 Å². The topological polar surface area (TPSA) is 86.2 Å². The number of aryl methyl sites for hydroxylation is 1. The molecule has 5 nitrogen and oxygen atoms in total. The smallest absolute Gasteiger partial charge is 0.269 e. The van der Waals surface area contributed by atoms with Crippen LogP contribution in [0, 0.1) is 10.1 Å². The number of hydrogen-bond donors (Lipinski definition) is 1. The van der Waals surface area contributed by atoms with Gasteiger partial charge in [-0.05, 0) is 12.0 Å². The summed E-state index contributed by atoms with van der Waals surface area (Å²) < 4.78 is 0. The van der Waals surface area contributed by atoms with E-state index in [9.17, 15) is 14.9 Å². The third kappa shape index (κ3) is 4.42. The number of nitrogens with two attached hydrogens (primary N) is 1. The van der Waals surface area contributed by atoms with Crippen molar-refractivity contribution in [1.29, 1.82) is 0 Å². The molecule has 0 unspecified atom stereocenters. The molecule has 0 saturated heterocycles. The van der Waals surface area contributed by atoms with Gasteiger partial charge >= 0.3 is 0 Å². The highest BCUT2D eigenvalue weighted by molar-refractivity contribution is 5.85. The number of nitro benzene ring substituents is 1. The van der Waals surface area contributed by atoms with Crippen molar-refractivity contribution in [3.8, 4) is 0 Å². The first-order valence-electron chi connectivity index (χ1n) is 4.11. The largest absolute Gasteiger partial charge is 0.370 e. The van der Waals surface area contributed by atoms with Crippen LogP contribution in [0.1, 0.15) is 12.0 Å². The molecular formula is C9H11ClN2O3. The molecule has 0 aliphatic heterocycles. The summed E-state index contributed by atoms with van der Waals surface area (Å²) in [6, 6.07) is 6.08. The lowest BCUT2D eigenvalue weighted by molar-refractivity contribution is -0.384. The van der Waals surface area contributed by atoms with Gasteiger partial charge in [0, 0.05) is 18.6 Å². The Morgan fingerprint density at radius 1 is 1.33 bits per heavy atom. The molecule has 82 valence electrons. The first kappa shape index (κ1) is 13.4. The average Bonchev–Trinajstić information content (AvgIpc) is 2.15. The van der Waals surface area contributed by atoms with E-state index in [-0.39, 0.29) is 30.4 Å². The Labute approximate surface area is 92.8 Å². The zero-order chi connectivity index (χ0) is 10.6. The number of rotatable bonds is 4. The van der Waals surface area contributed by atoms with Crippen LogP contribution in [0.4, 0.5) is 5.69 Å². The summed E-state index contributed by atoms with van der Waals surface area (Å²) >= 11 is 0. The molecule has 0 heterocycles. The van der Waals surface area contributed by atoms with Crippen molar-refractivity contribution in [1.82, 2.24) is 0 Å². The maximum absolute atomic E-state index is 10.5. The Hall–Kier alpha value is -1.62. The minimum atomic E-state index is -0.460. The van der Waals surface area contributed by atoms with Gasteiger partial charge in [0.1, 0.15) is 0 Å². The molecule has 0 atom stereocenters. The number of primary amides is 1. The van der Waals surface area contributed by atoms with Gasteiger partial charge in [0.25, 0.3) is 5.69 Å². The fourth-order valence-corrected chi connectivity index (χ4v) is 1.05. The van der Waals surface area contributed by atoms with Gasteiger partial charge in [0.2, 0.25) is 5.91 Å². The predicted molar refractivity (Wildman–Crippen MR) is 57.9 cm³/mol. The average molecular weight is 231 g/mol. The van der Waals surface area contributed by atoms with Crippen LogP contribution < -0.4 is 5.73 Å². The highest BCUT2D eigenvalue weighted by Crippen LogP contribution is 2.12. The highest BCUT2D eigenvalue weighted by Gasteiger charge is 2.04. The molecule has 1 rings (SSSR count). The van der Waals surface area contributed by atoms with Crippen molar-refractivity contribution in [2.75, 3.05) is 0 Å². The predicted octanol–water partition coefficient (Wildman–Crippen LogP) is 1.43. The number of hydrogen-bond acceptors (Lipinski definition) is 3. The van der Waals surface area contributed by atoms with E-state index in [1.807, 2.05) is 0 Å². The van der Waals surface area contributed by atoms with Crippen LogP contribution in [0.25, 0.3) is 0 Å². The Balaban J connectivity index is 0.00000196. The van der Waals surface area contributed by atoms with Gasteiger partial charge in [-0.1, -0.05) is 12.1 Å². The van der Waals surface area contributed by atoms with Gasteiger partial charge in [-0.2, -0.15) is 0 Å². The van der Waals surface area contributed by atoms with E-state index < -0.39 is 4.92 Å². The third-order valence-corrected chi connectivity index (χ3v) is 1.81. The summed E-state index contributed by atoms with van der Waals surface area (Å²) in [6.07, 6.45) is 0.783. The first-order valence-corrected chi connectivity index (χ1v) is 4.11. The number of carbonyl (C=O) groups excluding carboxylic acids is 1. The van der Waals surface area contributed by atoms with Crippen molar-refractivity contribution >= 4 is 24.0 Å². The summed E-state index contributed by atoms with van der Waals surface area (Å²) in [7, 11) is 0. The molecule has 6 heteroatoms. The van der Waals surface area contributed by atoms with E-state index in [4.69, 9.17) is 5.73 Å². The van der Waals surface area contributed by atoms with Crippen molar-refractivity contribution in [2.45, 2.75) is 12.8 Å². The maximum Gasteiger partial charge on any atom is 0.269 e. The van der Waals surface area contributed by atoms with Gasteiger partial charge in [-0.15, -0.1) is 12.4 Å². The molecule has 15 heavy (non-hydrogen) atoms. The van der Waals surface area contributed by atoms with Crippen LogP contribution in [0.15, 0.2) is 24.3 Å². The van der Waals surface area contributed by atoms with E-state index >= 15 is 0 Å². The van der Waals surface area contributed by atoms with Gasteiger partial charge in [-0.3, -0.25) is 14.9 Å². The second-order valence-corrected chi connectivity index (χ2v) is 2.89. The molecule has 0 aliphatic rings. The number of carbonyl (C=O) groups is 1. The minimum Gasteiger partial charge on any atom is -0.370 e. The lowest BCUT2D eigenvalue weighted by atomic mass is 10.1. The fourth-order valence-electron chi connectivity index (χ4n) is 1.05. The Kier molecular flexibility index (Phi) is 5.33. The van der Waals surface area contributed by atoms with E-state index in [0.29, 0.717) is 6.42 Å². The quantitative estimate of drug-likeness (QED) is 0.627. The second-order valence-electron chi connectivity index (χ2n) is 2.89. The molecule has 0 fully saturated rings. The summed E-state index contributed by atoms with van der Waals surface area (Å²) in [4.78, 5) is 20.3. The zero-order valence-corrected chi connectivity index (χ0v) is 8.70. The molecule has 0 aromatic heterocycles. The molecule has 1 amide bonds. The molecular weight excluding hydrogens is 220 g/mol. The molecule has 2 N–H and O–H groups in total. The van der Waals surface area contributed by atoms with Crippen LogP contribution in [-0.4, -0.2) is 10.8 Å². The van der Waals surface area contributed by atoms with Crippen LogP contribution in [0.5, 0.6) is 0 Å². The summed E-state index contributed by atoms with van der Waals surface area (Å²) in [6.45, 7) is 0. The van der Waals surface area contributed by atoms with Gasteiger partial charge in [-0.25, -0.2) is 0 Å². The molecule has 0 saturated carbocycles. The second kappa shape index (κ2) is 5.98. The lowest BCUT2D eigenvalue weighted by Gasteiger charge is -1.97. The number of nitrogens with zero attached hydrogens (tertiary/aromatic N) is 1. The summed E-state index contributed by atoms with van der Waals surface area (Å²) in [5.41, 5.74) is 5.89. The number of amides is 1. The van der Waals surface area contributed by atoms with E-state index in [0.717, 1.165) is 5.56 Å².